The molecule has 0 saturated carbocycles. The molecular formula is C46H70N4O12. The van der Waals surface area contributed by atoms with Crippen LogP contribution in [-0.2, 0) is 38.1 Å². The first-order valence-corrected chi connectivity index (χ1v) is 22.0. The molecule has 0 bridgehead atoms. The average molecular weight is 871 g/mol. The quantitative estimate of drug-likeness (QED) is 0.0148. The maximum atomic E-state index is 13.4. The molecule has 0 unspecified atom stereocenters. The van der Waals surface area contributed by atoms with Crippen LogP contribution < -0.4 is 10.6 Å². The highest BCUT2D eigenvalue weighted by Gasteiger charge is 2.39. The summed E-state index contributed by atoms with van der Waals surface area (Å²) < 4.78 is 21.6. The van der Waals surface area contributed by atoms with E-state index in [2.05, 4.69) is 22.8 Å². The second kappa shape index (κ2) is 28.8. The molecule has 0 heterocycles. The largest absolute Gasteiger partial charge is 0.462 e. The topological polar surface area (TPSA) is 258 Å². The molecule has 346 valence electrons. The van der Waals surface area contributed by atoms with Crippen LogP contribution in [0, 0.1) is 33.5 Å². The number of hydrogen-bond donors (Lipinski definition) is 6. The second-order valence-electron chi connectivity index (χ2n) is 17.2. The molecule has 0 fully saturated rings. The third-order valence-corrected chi connectivity index (χ3v) is 10.4. The molecule has 0 spiro atoms. The van der Waals surface area contributed by atoms with Crippen molar-refractivity contribution in [1.82, 2.24) is 10.6 Å². The molecule has 0 radical (unpaired) electrons. The normalized spacial score (nSPS) is 15.6. The Hall–Kier alpha value is -4.74. The number of allylic oxidation sites excluding steroid dienone is 6. The second-order valence-corrected chi connectivity index (χ2v) is 17.2. The minimum absolute atomic E-state index is 0.00880. The van der Waals surface area contributed by atoms with E-state index in [9.17, 15) is 29.7 Å². The van der Waals surface area contributed by atoms with E-state index in [4.69, 9.17) is 39.4 Å². The summed E-state index contributed by atoms with van der Waals surface area (Å²) in [5.41, 5.74) is 0.758. The SMILES string of the molecule is CC1(C)CC(NCCCCCCNC2=C(C#N)C(=C(C(=O)OCCCCO)C(=O)OCCCCO)CC(C)(C)C2)=C(C#N)C(=C(C(=O)OCCCCO)C(=O)OCCCCO)C1. The van der Waals surface area contributed by atoms with Gasteiger partial charge in [-0.1, -0.05) is 40.5 Å². The monoisotopic (exact) mass is 870 g/mol. The lowest BCUT2D eigenvalue weighted by Crippen LogP contribution is -2.31. The number of nitrogens with one attached hydrogen (secondary N) is 2. The molecular weight excluding hydrogens is 801 g/mol. The zero-order valence-corrected chi connectivity index (χ0v) is 37.3. The number of nitrogens with zero attached hydrogens (tertiary/aromatic N) is 2. The number of nitriles is 2. The summed E-state index contributed by atoms with van der Waals surface area (Å²) in [6.45, 7) is 8.73. The van der Waals surface area contributed by atoms with Crippen molar-refractivity contribution in [3.63, 3.8) is 0 Å². The highest BCUT2D eigenvalue weighted by Crippen LogP contribution is 2.44. The van der Waals surface area contributed by atoms with E-state index in [1.807, 2.05) is 27.7 Å². The summed E-state index contributed by atoms with van der Waals surface area (Å²) in [7, 11) is 0. The zero-order valence-electron chi connectivity index (χ0n) is 37.3. The van der Waals surface area contributed by atoms with Gasteiger partial charge < -0.3 is 50.0 Å². The Kier molecular flexibility index (Phi) is 24.8. The summed E-state index contributed by atoms with van der Waals surface area (Å²) in [5.74, 6) is -3.53. The van der Waals surface area contributed by atoms with E-state index in [-0.39, 0.29) is 99.1 Å². The maximum absolute atomic E-state index is 13.4. The van der Waals surface area contributed by atoms with Crippen molar-refractivity contribution in [1.29, 1.82) is 10.5 Å². The molecule has 62 heavy (non-hydrogen) atoms. The van der Waals surface area contributed by atoms with E-state index in [0.717, 1.165) is 25.7 Å². The van der Waals surface area contributed by atoms with Crippen LogP contribution in [0.4, 0.5) is 0 Å². The predicted octanol–water partition coefficient (Wildman–Crippen LogP) is 4.78. The molecule has 0 aromatic rings. The molecule has 0 atom stereocenters. The first kappa shape index (κ1) is 53.4. The smallest absolute Gasteiger partial charge is 0.345 e. The molecule has 6 N–H and O–H groups in total. The first-order chi connectivity index (χ1) is 29.7. The van der Waals surface area contributed by atoms with Gasteiger partial charge in [0.05, 0.1) is 37.6 Å². The summed E-state index contributed by atoms with van der Waals surface area (Å²) in [6, 6.07) is 4.44. The van der Waals surface area contributed by atoms with Crippen LogP contribution in [-0.4, -0.2) is 110 Å². The Bertz CT molecular complexity index is 1540. The Balaban J connectivity index is 2.20. The fourth-order valence-electron chi connectivity index (χ4n) is 7.30. The van der Waals surface area contributed by atoms with E-state index in [1.165, 1.54) is 0 Å². The van der Waals surface area contributed by atoms with E-state index in [1.54, 1.807) is 0 Å². The number of aliphatic hydroxyl groups is 4. The zero-order chi connectivity index (χ0) is 46.0. The van der Waals surface area contributed by atoms with Crippen LogP contribution in [0.25, 0.3) is 0 Å². The lowest BCUT2D eigenvalue weighted by Gasteiger charge is -2.34. The van der Waals surface area contributed by atoms with Crippen molar-refractivity contribution >= 4 is 23.9 Å². The van der Waals surface area contributed by atoms with Crippen molar-refractivity contribution in [3.05, 3.63) is 44.8 Å². The molecule has 16 nitrogen and oxygen atoms in total. The van der Waals surface area contributed by atoms with Crippen molar-refractivity contribution in [2.24, 2.45) is 10.8 Å². The number of esters is 4. The minimum atomic E-state index is -0.883. The fraction of sp³-hybridized carbons (Fsp3) is 0.696. The standard InChI is InChI=1S/C46H70N4O12/c1-45(2)27-33(39(41(55)59-23-13-9-19-51)42(56)60-24-14-10-20-52)35(31-47)37(29-45)49-17-7-5-6-8-18-50-38-30-46(3,4)28-34(36(38)32-48)40(43(57)61-25-15-11-21-53)44(58)62-26-16-12-22-54/h49-54H,5-30H2,1-4H3. The van der Waals surface area contributed by atoms with Gasteiger partial charge in [-0.05, 0) is 112 Å². The molecule has 16 heteroatoms. The van der Waals surface area contributed by atoms with Gasteiger partial charge in [-0.25, -0.2) is 19.2 Å². The Morgan fingerprint density at radius 3 is 1.03 bits per heavy atom. The van der Waals surface area contributed by atoms with Gasteiger partial charge in [0.1, 0.15) is 23.3 Å². The number of unbranched alkanes of at least 4 members (excludes halogenated alkanes) is 7. The minimum Gasteiger partial charge on any atom is -0.462 e. The van der Waals surface area contributed by atoms with Crippen molar-refractivity contribution in [3.8, 4) is 12.1 Å². The van der Waals surface area contributed by atoms with Crippen molar-refractivity contribution in [2.75, 3.05) is 65.9 Å². The number of ether oxygens (including phenoxy) is 4. The molecule has 2 aliphatic carbocycles. The highest BCUT2D eigenvalue weighted by atomic mass is 16.6. The van der Waals surface area contributed by atoms with Gasteiger partial charge in [0, 0.05) is 50.9 Å². The number of carbonyl (C=O) groups excluding carboxylic acids is 4. The third kappa shape index (κ3) is 18.3. The fourth-order valence-corrected chi connectivity index (χ4v) is 7.30. The van der Waals surface area contributed by atoms with Crippen LogP contribution in [0.5, 0.6) is 0 Å². The third-order valence-electron chi connectivity index (χ3n) is 10.4. The molecule has 0 saturated heterocycles. The van der Waals surface area contributed by atoms with Gasteiger partial charge in [-0.2, -0.15) is 10.5 Å². The molecule has 2 aliphatic rings. The van der Waals surface area contributed by atoms with Crippen LogP contribution in [0.3, 0.4) is 0 Å². The van der Waals surface area contributed by atoms with E-state index in [0.29, 0.717) is 88.7 Å². The van der Waals surface area contributed by atoms with Gasteiger partial charge in [0.15, 0.2) is 0 Å². The number of hydrogen-bond acceptors (Lipinski definition) is 16. The number of rotatable bonds is 29. The van der Waals surface area contributed by atoms with Gasteiger partial charge in [0.2, 0.25) is 0 Å². The lowest BCUT2D eigenvalue weighted by molar-refractivity contribution is -0.149. The summed E-state index contributed by atoms with van der Waals surface area (Å²) in [6.07, 6.45) is 8.03. The first-order valence-electron chi connectivity index (χ1n) is 22.0. The van der Waals surface area contributed by atoms with Gasteiger partial charge >= 0.3 is 23.9 Å². The van der Waals surface area contributed by atoms with Gasteiger partial charge in [0.25, 0.3) is 0 Å². The molecule has 0 aromatic carbocycles. The van der Waals surface area contributed by atoms with Crippen molar-refractivity contribution in [2.45, 2.75) is 130 Å². The summed E-state index contributed by atoms with van der Waals surface area (Å²) >= 11 is 0. The van der Waals surface area contributed by atoms with E-state index < -0.39 is 34.7 Å². The molecule has 2 rings (SSSR count). The summed E-state index contributed by atoms with van der Waals surface area (Å²) in [4.78, 5) is 53.5. The Labute approximate surface area is 367 Å². The van der Waals surface area contributed by atoms with Crippen LogP contribution >= 0.6 is 0 Å². The molecule has 0 aromatic heterocycles. The van der Waals surface area contributed by atoms with Crippen LogP contribution in [0.1, 0.15) is 130 Å². The van der Waals surface area contributed by atoms with Gasteiger partial charge in [-0.3, -0.25) is 0 Å². The van der Waals surface area contributed by atoms with Crippen molar-refractivity contribution < 1.29 is 58.6 Å². The number of carbonyl (C=O) groups is 4. The summed E-state index contributed by atoms with van der Waals surface area (Å²) in [5, 5.41) is 64.0. The average Bonchev–Trinajstić information content (AvgIpc) is 3.21. The van der Waals surface area contributed by atoms with E-state index >= 15 is 0 Å². The Morgan fingerprint density at radius 1 is 0.484 bits per heavy atom. The predicted molar refractivity (Wildman–Crippen MR) is 229 cm³/mol. The van der Waals surface area contributed by atoms with Gasteiger partial charge in [-0.15, -0.1) is 0 Å². The molecule has 0 aliphatic heterocycles. The van der Waals surface area contributed by atoms with Crippen LogP contribution in [0.2, 0.25) is 0 Å². The molecule has 0 amide bonds. The highest BCUT2D eigenvalue weighted by molar-refractivity contribution is 6.16. The van der Waals surface area contributed by atoms with Crippen LogP contribution in [0.15, 0.2) is 44.8 Å². The maximum Gasteiger partial charge on any atom is 0.345 e. The number of aliphatic hydroxyl groups excluding tert-OH is 4. The Morgan fingerprint density at radius 2 is 0.774 bits per heavy atom. The lowest BCUT2D eigenvalue weighted by atomic mass is 9.72.